The largest absolute Gasteiger partial charge is 0.377 e. The van der Waals surface area contributed by atoms with Crippen LogP contribution in [-0.4, -0.2) is 56.5 Å². The standard InChI is InChI=1S/C14H19N3O4S/c1-15-13(18)14-5-8-21-12(14)4-7-17(10-14)22(19,20)11-3-2-6-16-9-11/h2-3,6,9,12H,4-5,7-8,10H2,1H3,(H,15,18)/t12-,14-/m1/s1. The summed E-state index contributed by atoms with van der Waals surface area (Å²) in [5.74, 6) is -0.152. The summed E-state index contributed by atoms with van der Waals surface area (Å²) in [6, 6.07) is 3.11. The maximum absolute atomic E-state index is 12.7. The predicted molar refractivity (Wildman–Crippen MR) is 78.5 cm³/mol. The molecular weight excluding hydrogens is 306 g/mol. The molecule has 2 atom stereocenters. The van der Waals surface area contributed by atoms with E-state index in [9.17, 15) is 13.2 Å². The van der Waals surface area contributed by atoms with Crippen LogP contribution in [-0.2, 0) is 19.6 Å². The summed E-state index contributed by atoms with van der Waals surface area (Å²) in [7, 11) is -2.07. The Kier molecular flexibility index (Phi) is 3.92. The van der Waals surface area contributed by atoms with Gasteiger partial charge in [0.2, 0.25) is 15.9 Å². The van der Waals surface area contributed by atoms with Crippen molar-refractivity contribution in [3.63, 3.8) is 0 Å². The lowest BCUT2D eigenvalue weighted by Crippen LogP contribution is -2.57. The average Bonchev–Trinajstić information content (AvgIpc) is 2.99. The fourth-order valence-corrected chi connectivity index (χ4v) is 4.82. The predicted octanol–water partition coefficient (Wildman–Crippen LogP) is -0.00270. The topological polar surface area (TPSA) is 88.6 Å². The number of rotatable bonds is 3. The van der Waals surface area contributed by atoms with E-state index in [2.05, 4.69) is 10.3 Å². The first-order valence-corrected chi connectivity index (χ1v) is 8.69. The van der Waals surface area contributed by atoms with Gasteiger partial charge in [-0.2, -0.15) is 4.31 Å². The molecule has 0 bridgehead atoms. The van der Waals surface area contributed by atoms with E-state index in [0.717, 1.165) is 0 Å². The fraction of sp³-hybridized carbons (Fsp3) is 0.571. The van der Waals surface area contributed by atoms with Crippen molar-refractivity contribution in [2.24, 2.45) is 5.41 Å². The third-order valence-corrected chi connectivity index (χ3v) is 6.36. The Bertz CT molecular complexity index is 664. The minimum Gasteiger partial charge on any atom is -0.377 e. The normalized spacial score (nSPS) is 29.0. The van der Waals surface area contributed by atoms with Crippen LogP contribution >= 0.6 is 0 Å². The van der Waals surface area contributed by atoms with Gasteiger partial charge >= 0.3 is 0 Å². The van der Waals surface area contributed by atoms with Crippen molar-refractivity contribution in [3.8, 4) is 0 Å². The second-order valence-corrected chi connectivity index (χ2v) is 7.60. The minimum atomic E-state index is -3.65. The van der Waals surface area contributed by atoms with E-state index >= 15 is 0 Å². The number of carbonyl (C=O) groups is 1. The number of nitrogens with one attached hydrogen (secondary N) is 1. The molecule has 0 spiro atoms. The number of hydrogen-bond acceptors (Lipinski definition) is 5. The van der Waals surface area contributed by atoms with Crippen molar-refractivity contribution in [1.82, 2.24) is 14.6 Å². The number of sulfonamides is 1. The van der Waals surface area contributed by atoms with E-state index in [1.165, 1.54) is 22.8 Å². The molecule has 0 aromatic carbocycles. The molecule has 0 saturated carbocycles. The molecule has 22 heavy (non-hydrogen) atoms. The smallest absolute Gasteiger partial charge is 0.244 e. The van der Waals surface area contributed by atoms with Crippen LogP contribution < -0.4 is 5.32 Å². The number of nitrogens with zero attached hydrogens (tertiary/aromatic N) is 2. The Labute approximate surface area is 129 Å². The maximum atomic E-state index is 12.7. The minimum absolute atomic E-state index is 0.147. The van der Waals surface area contributed by atoms with Gasteiger partial charge in [-0.05, 0) is 25.0 Å². The quantitative estimate of drug-likeness (QED) is 0.845. The van der Waals surface area contributed by atoms with Crippen LogP contribution in [0.15, 0.2) is 29.4 Å². The Hall–Kier alpha value is -1.51. The van der Waals surface area contributed by atoms with Gasteiger partial charge in [0, 0.05) is 39.1 Å². The highest BCUT2D eigenvalue weighted by molar-refractivity contribution is 7.89. The molecule has 0 radical (unpaired) electrons. The summed E-state index contributed by atoms with van der Waals surface area (Å²) in [4.78, 5) is 16.4. The Morgan fingerprint density at radius 3 is 3.05 bits per heavy atom. The number of ether oxygens (including phenoxy) is 1. The highest BCUT2D eigenvalue weighted by Crippen LogP contribution is 2.42. The summed E-state index contributed by atoms with van der Waals surface area (Å²) >= 11 is 0. The first-order chi connectivity index (χ1) is 10.5. The average molecular weight is 325 g/mol. The molecular formula is C14H19N3O4S. The highest BCUT2D eigenvalue weighted by atomic mass is 32.2. The summed E-state index contributed by atoms with van der Waals surface area (Å²) in [6.45, 7) is 0.980. The molecule has 1 amide bonds. The van der Waals surface area contributed by atoms with Crippen LogP contribution in [0.3, 0.4) is 0 Å². The molecule has 120 valence electrons. The van der Waals surface area contributed by atoms with Gasteiger partial charge in [0.05, 0.1) is 11.5 Å². The summed E-state index contributed by atoms with van der Waals surface area (Å²) in [5, 5.41) is 2.66. The van der Waals surface area contributed by atoms with Crippen LogP contribution in [0.1, 0.15) is 12.8 Å². The molecule has 2 fully saturated rings. The second-order valence-electron chi connectivity index (χ2n) is 5.66. The van der Waals surface area contributed by atoms with Gasteiger partial charge in [-0.25, -0.2) is 8.42 Å². The van der Waals surface area contributed by atoms with Gasteiger partial charge in [-0.3, -0.25) is 9.78 Å². The first-order valence-electron chi connectivity index (χ1n) is 7.25. The molecule has 3 rings (SSSR count). The van der Waals surface area contributed by atoms with Gasteiger partial charge in [-0.15, -0.1) is 0 Å². The van der Waals surface area contributed by atoms with E-state index in [-0.39, 0.29) is 23.5 Å². The Balaban J connectivity index is 1.93. The van der Waals surface area contributed by atoms with Gasteiger partial charge in [-0.1, -0.05) is 0 Å². The van der Waals surface area contributed by atoms with Crippen LogP contribution in [0.25, 0.3) is 0 Å². The second kappa shape index (κ2) is 5.60. The number of hydrogen-bond donors (Lipinski definition) is 1. The molecule has 2 aliphatic heterocycles. The maximum Gasteiger partial charge on any atom is 0.244 e. The lowest BCUT2D eigenvalue weighted by atomic mass is 9.76. The van der Waals surface area contributed by atoms with E-state index in [1.807, 2.05) is 0 Å². The molecule has 8 heteroatoms. The van der Waals surface area contributed by atoms with Gasteiger partial charge in [0.15, 0.2) is 0 Å². The number of aromatic nitrogens is 1. The van der Waals surface area contributed by atoms with Gasteiger partial charge in [0.25, 0.3) is 0 Å². The van der Waals surface area contributed by atoms with Crippen molar-refractivity contribution < 1.29 is 17.9 Å². The number of fused-ring (bicyclic) bond motifs is 1. The number of piperidine rings is 1. The summed E-state index contributed by atoms with van der Waals surface area (Å²) in [6.07, 6.45) is 3.71. The molecule has 2 saturated heterocycles. The zero-order valence-corrected chi connectivity index (χ0v) is 13.2. The van der Waals surface area contributed by atoms with Crippen LogP contribution in [0, 0.1) is 5.41 Å². The van der Waals surface area contributed by atoms with Gasteiger partial charge < -0.3 is 10.1 Å². The van der Waals surface area contributed by atoms with Crippen LogP contribution in [0.2, 0.25) is 0 Å². The van der Waals surface area contributed by atoms with Crippen LogP contribution in [0.5, 0.6) is 0 Å². The highest BCUT2D eigenvalue weighted by Gasteiger charge is 2.54. The van der Waals surface area contributed by atoms with E-state index < -0.39 is 15.4 Å². The lowest BCUT2D eigenvalue weighted by Gasteiger charge is -2.41. The lowest BCUT2D eigenvalue weighted by molar-refractivity contribution is -0.136. The molecule has 2 aliphatic rings. The van der Waals surface area contributed by atoms with Crippen LogP contribution in [0.4, 0.5) is 0 Å². The van der Waals surface area contributed by atoms with Crippen molar-refractivity contribution in [1.29, 1.82) is 0 Å². The zero-order valence-electron chi connectivity index (χ0n) is 12.4. The SMILES string of the molecule is CNC(=O)[C@@]12CCO[C@@H]1CCN(S(=O)(=O)c1cccnc1)C2. The number of pyridine rings is 1. The monoisotopic (exact) mass is 325 g/mol. The van der Waals surface area contributed by atoms with E-state index in [1.54, 1.807) is 13.1 Å². The molecule has 0 unspecified atom stereocenters. The number of amides is 1. The van der Waals surface area contributed by atoms with Gasteiger partial charge in [0.1, 0.15) is 4.90 Å². The van der Waals surface area contributed by atoms with E-state index in [4.69, 9.17) is 4.74 Å². The van der Waals surface area contributed by atoms with Crippen molar-refractivity contribution in [3.05, 3.63) is 24.5 Å². The first kappa shape index (κ1) is 15.4. The molecule has 0 aliphatic carbocycles. The third kappa shape index (κ3) is 2.31. The molecule has 1 aromatic heterocycles. The van der Waals surface area contributed by atoms with Crippen molar-refractivity contribution in [2.75, 3.05) is 26.7 Å². The summed E-state index contributed by atoms with van der Waals surface area (Å²) in [5.41, 5.74) is -0.789. The molecule has 1 aromatic rings. The molecule has 3 heterocycles. The summed E-state index contributed by atoms with van der Waals surface area (Å²) < 4.78 is 32.5. The van der Waals surface area contributed by atoms with E-state index in [0.29, 0.717) is 26.0 Å². The molecule has 7 nitrogen and oxygen atoms in total. The van der Waals surface area contributed by atoms with Crippen molar-refractivity contribution in [2.45, 2.75) is 23.8 Å². The third-order valence-electron chi connectivity index (χ3n) is 4.53. The van der Waals surface area contributed by atoms with Crippen molar-refractivity contribution >= 4 is 15.9 Å². The Morgan fingerprint density at radius 2 is 2.36 bits per heavy atom. The molecule has 1 N–H and O–H groups in total. The Morgan fingerprint density at radius 1 is 1.55 bits per heavy atom. The zero-order chi connectivity index (χ0) is 15.8. The number of carbonyl (C=O) groups excluding carboxylic acids is 1. The fourth-order valence-electron chi connectivity index (χ4n) is 3.33.